The van der Waals surface area contributed by atoms with Crippen LogP contribution in [0.2, 0.25) is 0 Å². The van der Waals surface area contributed by atoms with E-state index in [9.17, 15) is 23.4 Å². The number of unbranched alkanes of at least 4 members (excludes halogenated alkanes) is 1. The van der Waals surface area contributed by atoms with Crippen LogP contribution in [-0.4, -0.2) is 41.9 Å². The highest BCUT2D eigenvalue weighted by molar-refractivity contribution is 7.58. The smallest absolute Gasteiger partial charge is 0.410 e. The van der Waals surface area contributed by atoms with Crippen LogP contribution in [0.5, 0.6) is 0 Å². The zero-order valence-electron chi connectivity index (χ0n) is 15.7. The lowest BCUT2D eigenvalue weighted by molar-refractivity contribution is -0.178. The van der Waals surface area contributed by atoms with Crippen LogP contribution in [0.4, 0.5) is 9.18 Å². The summed E-state index contributed by atoms with van der Waals surface area (Å²) in [4.78, 5) is 33.0. The molecule has 0 aromatic heterocycles. The van der Waals surface area contributed by atoms with E-state index in [1.54, 1.807) is 27.7 Å². The van der Waals surface area contributed by atoms with Gasteiger partial charge in [-0.3, -0.25) is 9.36 Å². The molecule has 9 heteroatoms. The minimum atomic E-state index is -3.86. The van der Waals surface area contributed by atoms with Crippen molar-refractivity contribution in [1.82, 2.24) is 5.32 Å². The van der Waals surface area contributed by atoms with Crippen LogP contribution < -0.4 is 5.32 Å². The van der Waals surface area contributed by atoms with Gasteiger partial charge in [0.25, 0.3) is 6.29 Å². The van der Waals surface area contributed by atoms with Crippen molar-refractivity contribution in [2.24, 2.45) is 11.8 Å². The van der Waals surface area contributed by atoms with E-state index in [0.29, 0.717) is 12.8 Å². The van der Waals surface area contributed by atoms with Gasteiger partial charge in [-0.05, 0) is 6.42 Å². The van der Waals surface area contributed by atoms with Crippen molar-refractivity contribution >= 4 is 19.4 Å². The van der Waals surface area contributed by atoms with Crippen molar-refractivity contribution in [3.63, 3.8) is 0 Å². The summed E-state index contributed by atoms with van der Waals surface area (Å²) in [5.74, 6) is -3.00. The Hall–Kier alpha value is -1.14. The average molecular weight is 383 g/mol. The first-order chi connectivity index (χ1) is 11.5. The lowest BCUT2D eigenvalue weighted by Crippen LogP contribution is -2.36. The number of halogens is 1. The highest BCUT2D eigenvalue weighted by Crippen LogP contribution is 2.49. The molecule has 0 fully saturated rings. The molecule has 1 amide bonds. The maximum Gasteiger partial charge on any atom is 0.410 e. The SMILES string of the molecule is CCCCP(=O)(O)[C@@H](F)CCNC(=O)O[C@H](OC(=O)C(C)C)C(C)C. The van der Waals surface area contributed by atoms with Gasteiger partial charge in [-0.1, -0.05) is 41.0 Å². The lowest BCUT2D eigenvalue weighted by atomic mass is 10.2. The lowest BCUT2D eigenvalue weighted by Gasteiger charge is -2.22. The van der Waals surface area contributed by atoms with Gasteiger partial charge in [0.1, 0.15) is 0 Å². The van der Waals surface area contributed by atoms with Gasteiger partial charge in [-0.25, -0.2) is 9.18 Å². The Morgan fingerprint density at radius 3 is 2.28 bits per heavy atom. The molecule has 0 radical (unpaired) electrons. The first kappa shape index (κ1) is 23.9. The van der Waals surface area contributed by atoms with Gasteiger partial charge in [-0.2, -0.15) is 0 Å². The van der Waals surface area contributed by atoms with E-state index in [4.69, 9.17) is 9.47 Å². The number of esters is 1. The Morgan fingerprint density at radius 2 is 1.80 bits per heavy atom. The normalized spacial score (nSPS) is 16.2. The second-order valence-electron chi connectivity index (χ2n) is 6.59. The Labute approximate surface area is 149 Å². The predicted octanol–water partition coefficient (Wildman–Crippen LogP) is 3.65. The molecule has 0 spiro atoms. The Balaban J connectivity index is 4.36. The first-order valence-corrected chi connectivity index (χ1v) is 10.5. The van der Waals surface area contributed by atoms with Crippen LogP contribution >= 0.6 is 7.37 Å². The number of alkyl halides is 1. The number of alkyl carbamates (subject to hydrolysis) is 1. The van der Waals surface area contributed by atoms with Crippen LogP contribution in [0.25, 0.3) is 0 Å². The molecule has 25 heavy (non-hydrogen) atoms. The summed E-state index contributed by atoms with van der Waals surface area (Å²) in [6.07, 6.45) is -1.11. The van der Waals surface area contributed by atoms with E-state index < -0.39 is 31.6 Å². The fourth-order valence-electron chi connectivity index (χ4n) is 1.71. The number of ether oxygens (including phenoxy) is 2. The maximum atomic E-state index is 13.8. The summed E-state index contributed by atoms with van der Waals surface area (Å²) in [5.41, 5.74) is 0. The summed E-state index contributed by atoms with van der Waals surface area (Å²) in [7, 11) is -3.86. The maximum absolute atomic E-state index is 13.8. The monoisotopic (exact) mass is 383 g/mol. The Morgan fingerprint density at radius 1 is 1.20 bits per heavy atom. The standard InChI is InChI=1S/C16H31FNO6P/c1-6-7-10-25(21,22)13(17)8-9-18-16(20)24-15(12(4)5)23-14(19)11(2)3/h11-13,15H,6-10H2,1-5H3,(H,18,20)(H,21,22)/t13-,15+/m1/s1. The molecule has 0 rings (SSSR count). The number of carbonyl (C=O) groups excluding carboxylic acids is 2. The minimum absolute atomic E-state index is 0.0737. The molecule has 0 heterocycles. The van der Waals surface area contributed by atoms with Gasteiger partial charge in [0.15, 0.2) is 5.91 Å². The van der Waals surface area contributed by atoms with Crippen molar-refractivity contribution in [3.8, 4) is 0 Å². The summed E-state index contributed by atoms with van der Waals surface area (Å²) in [6, 6.07) is 0. The zero-order chi connectivity index (χ0) is 19.6. The van der Waals surface area contributed by atoms with Gasteiger partial charge in [0.2, 0.25) is 7.37 Å². The molecule has 0 saturated carbocycles. The molecule has 0 aromatic carbocycles. The molecule has 0 aliphatic carbocycles. The van der Waals surface area contributed by atoms with Gasteiger partial charge in [0, 0.05) is 25.0 Å². The van der Waals surface area contributed by atoms with Gasteiger partial charge in [0.05, 0.1) is 5.92 Å². The molecular formula is C16H31FNO6P. The van der Waals surface area contributed by atoms with Crippen LogP contribution in [0, 0.1) is 11.8 Å². The van der Waals surface area contributed by atoms with E-state index in [-0.39, 0.29) is 31.0 Å². The van der Waals surface area contributed by atoms with Gasteiger partial charge >= 0.3 is 12.1 Å². The topological polar surface area (TPSA) is 102 Å². The summed E-state index contributed by atoms with van der Waals surface area (Å²) in [5, 5.41) is 2.30. The molecule has 0 saturated heterocycles. The largest absolute Gasteiger partial charge is 0.425 e. The van der Waals surface area contributed by atoms with Crippen LogP contribution in [-0.2, 0) is 18.8 Å². The number of hydrogen-bond donors (Lipinski definition) is 2. The highest BCUT2D eigenvalue weighted by atomic mass is 31.2. The average Bonchev–Trinajstić information content (AvgIpc) is 2.51. The number of carbonyl (C=O) groups is 2. The molecule has 0 aromatic rings. The van der Waals surface area contributed by atoms with Crippen LogP contribution in [0.3, 0.4) is 0 Å². The van der Waals surface area contributed by atoms with E-state index in [0.717, 1.165) is 0 Å². The third-order valence-electron chi connectivity index (χ3n) is 3.39. The molecule has 3 atom stereocenters. The van der Waals surface area contributed by atoms with Crippen molar-refractivity contribution in [3.05, 3.63) is 0 Å². The van der Waals surface area contributed by atoms with Crippen molar-refractivity contribution in [2.75, 3.05) is 12.7 Å². The number of amides is 1. The number of nitrogens with one attached hydrogen (secondary N) is 1. The molecule has 0 aliphatic heterocycles. The molecule has 1 unspecified atom stereocenters. The number of hydrogen-bond acceptors (Lipinski definition) is 5. The molecule has 0 aliphatic rings. The van der Waals surface area contributed by atoms with Crippen molar-refractivity contribution in [1.29, 1.82) is 0 Å². The Kier molecular flexibility index (Phi) is 10.9. The first-order valence-electron chi connectivity index (χ1n) is 8.61. The third kappa shape index (κ3) is 9.80. The van der Waals surface area contributed by atoms with Crippen LogP contribution in [0.1, 0.15) is 53.9 Å². The van der Waals surface area contributed by atoms with Gasteiger partial charge in [-0.15, -0.1) is 0 Å². The van der Waals surface area contributed by atoms with E-state index in [2.05, 4.69) is 5.32 Å². The van der Waals surface area contributed by atoms with Crippen LogP contribution in [0.15, 0.2) is 0 Å². The van der Waals surface area contributed by atoms with E-state index in [1.165, 1.54) is 0 Å². The zero-order valence-corrected chi connectivity index (χ0v) is 16.6. The van der Waals surface area contributed by atoms with Gasteiger partial charge < -0.3 is 19.7 Å². The fraction of sp³-hybridized carbons (Fsp3) is 0.875. The molecule has 0 bridgehead atoms. The Bertz CT molecular complexity index is 472. The summed E-state index contributed by atoms with van der Waals surface area (Å²) < 4.78 is 35.7. The fourth-order valence-corrected chi connectivity index (χ4v) is 3.30. The highest BCUT2D eigenvalue weighted by Gasteiger charge is 2.30. The minimum Gasteiger partial charge on any atom is -0.425 e. The van der Waals surface area contributed by atoms with Crippen molar-refractivity contribution in [2.45, 2.75) is 66.1 Å². The quantitative estimate of drug-likeness (QED) is 0.321. The molecule has 2 N–H and O–H groups in total. The van der Waals surface area contributed by atoms with Crippen molar-refractivity contribution < 1.29 is 32.9 Å². The summed E-state index contributed by atoms with van der Waals surface area (Å²) in [6.45, 7) is 8.46. The third-order valence-corrected chi connectivity index (χ3v) is 5.48. The second kappa shape index (κ2) is 11.5. The van der Waals surface area contributed by atoms with E-state index >= 15 is 0 Å². The number of rotatable bonds is 11. The molecule has 148 valence electrons. The molecule has 7 nitrogen and oxygen atoms in total. The summed E-state index contributed by atoms with van der Waals surface area (Å²) >= 11 is 0. The van der Waals surface area contributed by atoms with E-state index in [1.807, 2.05) is 6.92 Å². The second-order valence-corrected chi connectivity index (χ2v) is 9.11. The molecular weight excluding hydrogens is 352 g/mol. The predicted molar refractivity (Wildman–Crippen MR) is 93.2 cm³/mol.